The van der Waals surface area contributed by atoms with Gasteiger partial charge in [-0.25, -0.2) is 0 Å². The Balaban J connectivity index is 1.50. The first kappa shape index (κ1) is 34.8. The third-order valence-electron chi connectivity index (χ3n) is 7.91. The highest BCUT2D eigenvalue weighted by Crippen LogP contribution is 2.28. The minimum absolute atomic E-state index is 0.0771. The van der Waals surface area contributed by atoms with Crippen LogP contribution in [0.15, 0.2) is 72.8 Å². The fraction of sp³-hybridized carbons (Fsp3) is 0.389. The number of benzene rings is 3. The summed E-state index contributed by atoms with van der Waals surface area (Å²) in [5.41, 5.74) is 2.21. The summed E-state index contributed by atoms with van der Waals surface area (Å²) < 4.78 is 16.8. The van der Waals surface area contributed by atoms with Gasteiger partial charge in [0.15, 0.2) is 11.5 Å². The van der Waals surface area contributed by atoms with Crippen molar-refractivity contribution < 1.29 is 33.4 Å². The Kier molecular flexibility index (Phi) is 12.6. The van der Waals surface area contributed by atoms with Gasteiger partial charge in [-0.1, -0.05) is 62.4 Å². The summed E-state index contributed by atoms with van der Waals surface area (Å²) in [6, 6.07) is 19.5. The van der Waals surface area contributed by atoms with Crippen LogP contribution in [-0.2, 0) is 27.2 Å². The Hall–Kier alpha value is -5.06. The largest absolute Gasteiger partial charge is 0.493 e. The quantitative estimate of drug-likeness (QED) is 0.248. The van der Waals surface area contributed by atoms with Gasteiger partial charge < -0.3 is 35.5 Å². The maximum Gasteiger partial charge on any atom is 0.255 e. The van der Waals surface area contributed by atoms with E-state index in [1.807, 2.05) is 62.4 Å². The van der Waals surface area contributed by atoms with Gasteiger partial charge in [-0.15, -0.1) is 0 Å². The van der Waals surface area contributed by atoms with Gasteiger partial charge in [0, 0.05) is 6.54 Å². The second-order valence-electron chi connectivity index (χ2n) is 11.8. The minimum atomic E-state index is -1.19. The molecule has 3 aromatic carbocycles. The smallest absolute Gasteiger partial charge is 0.255 e. The van der Waals surface area contributed by atoms with E-state index in [1.165, 1.54) is 0 Å². The van der Waals surface area contributed by atoms with Gasteiger partial charge in [0.05, 0.1) is 32.2 Å². The molecule has 11 nitrogen and oxygen atoms in total. The first-order valence-corrected chi connectivity index (χ1v) is 15.8. The van der Waals surface area contributed by atoms with Gasteiger partial charge >= 0.3 is 0 Å². The van der Waals surface area contributed by atoms with E-state index in [9.17, 15) is 19.2 Å². The zero-order chi connectivity index (χ0) is 33.8. The van der Waals surface area contributed by atoms with E-state index < -0.39 is 35.8 Å². The zero-order valence-corrected chi connectivity index (χ0v) is 27.3. The maximum atomic E-state index is 13.5. The van der Waals surface area contributed by atoms with E-state index >= 15 is 0 Å². The molecule has 4 rings (SSSR count). The summed E-state index contributed by atoms with van der Waals surface area (Å²) in [4.78, 5) is 53.7. The van der Waals surface area contributed by atoms with E-state index in [-0.39, 0.29) is 30.4 Å². The number of para-hydroxylation sites is 1. The molecule has 0 radical (unpaired) electrons. The fourth-order valence-corrected chi connectivity index (χ4v) is 5.37. The van der Waals surface area contributed by atoms with Gasteiger partial charge in [0.25, 0.3) is 5.91 Å². The first-order chi connectivity index (χ1) is 22.7. The molecule has 0 saturated carbocycles. The fourth-order valence-electron chi connectivity index (χ4n) is 5.37. The van der Waals surface area contributed by atoms with Crippen molar-refractivity contribution in [1.29, 1.82) is 0 Å². The molecule has 11 heteroatoms. The van der Waals surface area contributed by atoms with Gasteiger partial charge in [0.2, 0.25) is 17.7 Å². The van der Waals surface area contributed by atoms with Crippen LogP contribution in [0.3, 0.4) is 0 Å². The summed E-state index contributed by atoms with van der Waals surface area (Å²) in [5, 5.41) is 11.4. The molecule has 0 saturated heterocycles. The Morgan fingerprint density at radius 2 is 1.62 bits per heavy atom. The number of carbonyl (C=O) groups excluding carboxylic acids is 4. The van der Waals surface area contributed by atoms with Gasteiger partial charge in [0.1, 0.15) is 24.4 Å². The second kappa shape index (κ2) is 17.0. The van der Waals surface area contributed by atoms with Crippen molar-refractivity contribution in [3.05, 3.63) is 89.5 Å². The highest BCUT2D eigenvalue weighted by molar-refractivity contribution is 6.01. The summed E-state index contributed by atoms with van der Waals surface area (Å²) in [6.45, 7) is 4.04. The molecule has 0 spiro atoms. The van der Waals surface area contributed by atoms with Gasteiger partial charge in [-0.2, -0.15) is 0 Å². The highest BCUT2D eigenvalue weighted by atomic mass is 16.5. The molecular weight excluding hydrogens is 600 g/mol. The SMILES string of the molecule is COc1ccc(CCCNC(=O)[C@@H]2CC(=O)N[C@@H](C(C)C)C(=O)N[C@H](Cc3ccccc3)COc3ccccc3C(=O)N2)cc1OC. The summed E-state index contributed by atoms with van der Waals surface area (Å²) in [6.07, 6.45) is 1.37. The average molecular weight is 645 g/mol. The van der Waals surface area contributed by atoms with Crippen molar-refractivity contribution in [3.63, 3.8) is 0 Å². The lowest BCUT2D eigenvalue weighted by atomic mass is 10.0. The second-order valence-corrected chi connectivity index (χ2v) is 11.8. The van der Waals surface area contributed by atoms with Crippen LogP contribution in [-0.4, -0.2) is 69.1 Å². The number of hydrogen-bond acceptors (Lipinski definition) is 7. The van der Waals surface area contributed by atoms with E-state index in [2.05, 4.69) is 21.3 Å². The van der Waals surface area contributed by atoms with Crippen molar-refractivity contribution in [1.82, 2.24) is 21.3 Å². The third-order valence-corrected chi connectivity index (χ3v) is 7.91. The van der Waals surface area contributed by atoms with Gasteiger partial charge in [-0.3, -0.25) is 19.2 Å². The molecule has 3 aromatic rings. The highest BCUT2D eigenvalue weighted by Gasteiger charge is 2.31. The molecule has 3 atom stereocenters. The first-order valence-electron chi connectivity index (χ1n) is 15.8. The number of ether oxygens (including phenoxy) is 3. The van der Waals surface area contributed by atoms with Gasteiger partial charge in [-0.05, 0) is 60.6 Å². The van der Waals surface area contributed by atoms with Crippen LogP contribution in [0.2, 0.25) is 0 Å². The summed E-state index contributed by atoms with van der Waals surface area (Å²) >= 11 is 0. The van der Waals surface area contributed by atoms with Crippen molar-refractivity contribution >= 4 is 23.6 Å². The lowest BCUT2D eigenvalue weighted by Crippen LogP contribution is -2.55. The number of carbonyl (C=O) groups is 4. The van der Waals surface area contributed by atoms with E-state index in [4.69, 9.17) is 14.2 Å². The molecule has 47 heavy (non-hydrogen) atoms. The molecular formula is C36H44N4O7. The third kappa shape index (κ3) is 9.96. The standard InChI is InChI=1S/C36H44N4O7/c1-23(2)33-36(44)38-26(19-24-11-6-5-7-12-24)22-47-29-15-9-8-14-27(29)34(42)39-28(21-32(41)40-33)35(43)37-18-10-13-25-16-17-30(45-3)31(20-25)46-4/h5-9,11-12,14-17,20,23,26,28,33H,10,13,18-19,21-22H2,1-4H3,(H,37,43)(H,38,44)(H,39,42)(H,40,41)/t26-,28+,33+/m1/s1. The summed E-state index contributed by atoms with van der Waals surface area (Å²) in [5.74, 6) is -0.665. The Morgan fingerprint density at radius 1 is 0.894 bits per heavy atom. The molecule has 0 unspecified atom stereocenters. The number of amides is 4. The van der Waals surface area contributed by atoms with Crippen LogP contribution in [0, 0.1) is 5.92 Å². The predicted molar refractivity (Wildman–Crippen MR) is 178 cm³/mol. The summed E-state index contributed by atoms with van der Waals surface area (Å²) in [7, 11) is 3.14. The van der Waals surface area contributed by atoms with Crippen LogP contribution in [0.4, 0.5) is 0 Å². The van der Waals surface area contributed by atoms with Crippen molar-refractivity contribution in [2.24, 2.45) is 5.92 Å². The van der Waals surface area contributed by atoms with E-state index in [0.717, 1.165) is 11.1 Å². The predicted octanol–water partition coefficient (Wildman–Crippen LogP) is 3.20. The molecule has 0 bridgehead atoms. The Bertz CT molecular complexity index is 1530. The lowest BCUT2D eigenvalue weighted by Gasteiger charge is -2.27. The lowest BCUT2D eigenvalue weighted by molar-refractivity contribution is -0.132. The van der Waals surface area contributed by atoms with Crippen LogP contribution in [0.5, 0.6) is 17.2 Å². The topological polar surface area (TPSA) is 144 Å². The molecule has 0 fully saturated rings. The molecule has 1 aliphatic heterocycles. The van der Waals surface area contributed by atoms with Crippen molar-refractivity contribution in [2.75, 3.05) is 27.4 Å². The molecule has 4 amide bonds. The maximum absolute atomic E-state index is 13.5. The van der Waals surface area contributed by atoms with Crippen LogP contribution >= 0.6 is 0 Å². The monoisotopic (exact) mass is 644 g/mol. The average Bonchev–Trinajstić information content (AvgIpc) is 3.07. The minimum Gasteiger partial charge on any atom is -0.493 e. The molecule has 1 heterocycles. The number of methoxy groups -OCH3 is 2. The molecule has 250 valence electrons. The normalized spacial score (nSPS) is 18.8. The van der Waals surface area contributed by atoms with Crippen LogP contribution in [0.25, 0.3) is 0 Å². The van der Waals surface area contributed by atoms with Crippen molar-refractivity contribution in [3.8, 4) is 17.2 Å². The van der Waals surface area contributed by atoms with Crippen LogP contribution < -0.4 is 35.5 Å². The number of nitrogens with one attached hydrogen (secondary N) is 4. The van der Waals surface area contributed by atoms with Crippen molar-refractivity contribution in [2.45, 2.75) is 57.7 Å². The van der Waals surface area contributed by atoms with E-state index in [1.54, 1.807) is 38.5 Å². The molecule has 1 aliphatic rings. The number of aryl methyl sites for hydroxylation is 1. The zero-order valence-electron chi connectivity index (χ0n) is 27.3. The Morgan fingerprint density at radius 3 is 2.34 bits per heavy atom. The number of fused-ring (bicyclic) bond motifs is 1. The van der Waals surface area contributed by atoms with Crippen LogP contribution in [0.1, 0.15) is 48.2 Å². The molecule has 0 aliphatic carbocycles. The Labute approximate surface area is 275 Å². The molecule has 4 N–H and O–H groups in total. The number of rotatable bonds is 10. The molecule has 0 aromatic heterocycles. The number of hydrogen-bond donors (Lipinski definition) is 4. The van der Waals surface area contributed by atoms with E-state index in [0.29, 0.717) is 43.1 Å².